The molecule has 9 atom stereocenters. The number of aromatic hydroxyl groups is 6. The summed E-state index contributed by atoms with van der Waals surface area (Å²) in [4.78, 5) is 92.5. The van der Waals surface area contributed by atoms with E-state index in [0.29, 0.717) is 0 Å². The van der Waals surface area contributed by atoms with Crippen LogP contribution in [0.25, 0.3) is 0 Å². The monoisotopic (exact) mass is 917 g/mol. The van der Waals surface area contributed by atoms with Crippen LogP contribution in [0.2, 0.25) is 0 Å². The van der Waals surface area contributed by atoms with Gasteiger partial charge in [0.25, 0.3) is 17.7 Å². The van der Waals surface area contributed by atoms with Gasteiger partial charge < -0.3 is 90.7 Å². The SMILES string of the molecule is CC(CO)C(=O)OCC1O[C@@H](c2cc(O)c(O)c(C(=O)N[C@H]3COC(=O)[C@@H](NC(=O)c4cccc(O)c4O)COC(=O)[C@@H](NC(=O)c4cccc(O)c4O)COC3=O)c2)C(O)[C@@H](O)[C@@H]1O. The first-order chi connectivity index (χ1) is 30.7. The fourth-order valence-corrected chi connectivity index (χ4v) is 6.16. The molecule has 2 saturated heterocycles. The van der Waals surface area contributed by atoms with Crippen LogP contribution in [0.3, 0.4) is 0 Å². The topological polar surface area (TPSA) is 404 Å². The van der Waals surface area contributed by atoms with Gasteiger partial charge in [-0.1, -0.05) is 12.1 Å². The van der Waals surface area contributed by atoms with Gasteiger partial charge in [-0.25, -0.2) is 14.4 Å². The molecular formula is C40H43N3O22. The van der Waals surface area contributed by atoms with Crippen molar-refractivity contribution in [2.75, 3.05) is 33.0 Å². The van der Waals surface area contributed by atoms with Gasteiger partial charge >= 0.3 is 23.9 Å². The molecule has 0 spiro atoms. The Balaban J connectivity index is 1.43. The maximum Gasteiger partial charge on any atom is 0.332 e. The van der Waals surface area contributed by atoms with Gasteiger partial charge in [-0.2, -0.15) is 0 Å². The first kappa shape index (κ1) is 48.6. The van der Waals surface area contributed by atoms with Crippen molar-refractivity contribution >= 4 is 41.6 Å². The summed E-state index contributed by atoms with van der Waals surface area (Å²) in [6.45, 7) is -3.21. The second-order valence-corrected chi connectivity index (χ2v) is 14.5. The average molecular weight is 918 g/mol. The fraction of sp³-hybridized carbons (Fsp3) is 0.375. The molecule has 3 amide bonds. The lowest BCUT2D eigenvalue weighted by Crippen LogP contribution is -2.55. The Bertz CT molecular complexity index is 2260. The highest BCUT2D eigenvalue weighted by Crippen LogP contribution is 2.39. The Morgan fingerprint density at radius 1 is 0.631 bits per heavy atom. The molecule has 5 rings (SSSR count). The Morgan fingerprint density at radius 3 is 1.51 bits per heavy atom. The van der Waals surface area contributed by atoms with Crippen molar-refractivity contribution in [3.8, 4) is 34.5 Å². The van der Waals surface area contributed by atoms with E-state index in [-0.39, 0.29) is 5.56 Å². The third-order valence-electron chi connectivity index (χ3n) is 9.93. The summed E-state index contributed by atoms with van der Waals surface area (Å²) in [6, 6.07) is 2.13. The number of phenols is 6. The molecule has 0 radical (unpaired) electrons. The maximum atomic E-state index is 13.8. The summed E-state index contributed by atoms with van der Waals surface area (Å²) >= 11 is 0. The number of rotatable bonds is 11. The van der Waals surface area contributed by atoms with E-state index in [1.165, 1.54) is 19.1 Å². The number of phenolic OH excluding ortho intramolecular Hbond substituents is 6. The highest BCUT2D eigenvalue weighted by atomic mass is 16.6. The number of esters is 4. The second kappa shape index (κ2) is 20.8. The molecule has 2 aliphatic rings. The van der Waals surface area contributed by atoms with Crippen LogP contribution in [-0.2, 0) is 42.9 Å². The maximum absolute atomic E-state index is 13.8. The van der Waals surface area contributed by atoms with Crippen LogP contribution in [0, 0.1) is 5.92 Å². The summed E-state index contributed by atoms with van der Waals surface area (Å²) < 4.78 is 26.2. The number of aliphatic hydroxyl groups excluding tert-OH is 4. The van der Waals surface area contributed by atoms with E-state index in [4.69, 9.17) is 23.7 Å². The van der Waals surface area contributed by atoms with Crippen LogP contribution in [0.1, 0.15) is 49.7 Å². The minimum Gasteiger partial charge on any atom is -0.504 e. The van der Waals surface area contributed by atoms with Crippen molar-refractivity contribution in [3.63, 3.8) is 0 Å². The largest absolute Gasteiger partial charge is 0.504 e. The number of amides is 3. The molecule has 3 unspecified atom stereocenters. The smallest absolute Gasteiger partial charge is 0.332 e. The summed E-state index contributed by atoms with van der Waals surface area (Å²) in [7, 11) is 0. The zero-order valence-corrected chi connectivity index (χ0v) is 33.7. The van der Waals surface area contributed by atoms with Gasteiger partial charge in [-0.3, -0.25) is 19.2 Å². The van der Waals surface area contributed by atoms with Crippen molar-refractivity contribution < 1.29 is 108 Å². The molecule has 0 bridgehead atoms. The molecule has 3 aromatic carbocycles. The molecule has 2 heterocycles. The molecule has 13 N–H and O–H groups in total. The number of aliphatic hydroxyl groups is 4. The zero-order chi connectivity index (χ0) is 47.9. The molecule has 0 saturated carbocycles. The number of carbonyl (C=O) groups excluding carboxylic acids is 7. The Hall–Kier alpha value is -7.45. The number of nitrogens with one attached hydrogen (secondary N) is 3. The third kappa shape index (κ3) is 11.2. The molecule has 3 aromatic rings. The number of benzene rings is 3. The molecule has 65 heavy (non-hydrogen) atoms. The lowest BCUT2D eigenvalue weighted by Gasteiger charge is -2.40. The predicted octanol–water partition coefficient (Wildman–Crippen LogP) is -3.05. The quantitative estimate of drug-likeness (QED) is 0.0516. The van der Waals surface area contributed by atoms with E-state index in [1.807, 2.05) is 0 Å². The summed E-state index contributed by atoms with van der Waals surface area (Å²) in [5.74, 6) is -15.5. The van der Waals surface area contributed by atoms with Gasteiger partial charge in [0.15, 0.2) is 52.6 Å². The zero-order valence-electron chi connectivity index (χ0n) is 33.7. The van der Waals surface area contributed by atoms with Crippen molar-refractivity contribution in [1.29, 1.82) is 0 Å². The second-order valence-electron chi connectivity index (χ2n) is 14.5. The van der Waals surface area contributed by atoms with Crippen LogP contribution in [0.4, 0.5) is 0 Å². The van der Waals surface area contributed by atoms with E-state index >= 15 is 0 Å². The van der Waals surface area contributed by atoms with Crippen LogP contribution in [0.15, 0.2) is 48.5 Å². The lowest BCUT2D eigenvalue weighted by molar-refractivity contribution is -0.235. The van der Waals surface area contributed by atoms with E-state index in [0.717, 1.165) is 36.4 Å². The van der Waals surface area contributed by atoms with Crippen LogP contribution in [0.5, 0.6) is 34.5 Å². The van der Waals surface area contributed by atoms with Gasteiger partial charge in [-0.05, 0) is 48.9 Å². The van der Waals surface area contributed by atoms with Gasteiger partial charge in [0.05, 0.1) is 29.2 Å². The number of cyclic esters (lactones) is 3. The molecule has 2 fully saturated rings. The van der Waals surface area contributed by atoms with Crippen LogP contribution >= 0.6 is 0 Å². The van der Waals surface area contributed by atoms with E-state index in [1.54, 1.807) is 0 Å². The standard InChI is InChI=1S/C40H43N3O22/c1-15(10-44)37(57)64-14-26-30(51)31(52)32(53)33(65-26)16-8-19(29(50)25(47)9-16)36(56)43-22-13-63-39(59)20(41-34(54)17-4-2-6-23(45)27(17)48)11-61-38(58)21(12-62-40(22)60)42-35(55)18-5-3-7-24(46)28(18)49/h2-9,15,20-22,26,30-33,44-53H,10-14H2,1H3,(H,41,54)(H,42,55)(H,43,56)/t15?,20-,21-,22-,26?,30+,31-,32?,33-/m0/s1. The van der Waals surface area contributed by atoms with Gasteiger partial charge in [0.2, 0.25) is 0 Å². The Morgan fingerprint density at radius 2 is 1.06 bits per heavy atom. The first-order valence-corrected chi connectivity index (χ1v) is 19.2. The summed E-state index contributed by atoms with van der Waals surface area (Å²) in [6.07, 6.45) is -9.03. The lowest BCUT2D eigenvalue weighted by atomic mass is 9.90. The average Bonchev–Trinajstić information content (AvgIpc) is 3.28. The highest BCUT2D eigenvalue weighted by molar-refractivity contribution is 6.02. The minimum absolute atomic E-state index is 0.331. The van der Waals surface area contributed by atoms with Crippen LogP contribution in [-0.4, -0.2) is 168 Å². The first-order valence-electron chi connectivity index (χ1n) is 19.2. The van der Waals surface area contributed by atoms with Gasteiger partial charge in [-0.15, -0.1) is 0 Å². The number of hydrogen-bond donors (Lipinski definition) is 13. The number of carbonyl (C=O) groups is 7. The third-order valence-corrected chi connectivity index (χ3v) is 9.93. The van der Waals surface area contributed by atoms with E-state index in [9.17, 15) is 84.6 Å². The predicted molar refractivity (Wildman–Crippen MR) is 209 cm³/mol. The van der Waals surface area contributed by atoms with E-state index in [2.05, 4.69) is 16.0 Å². The Kier molecular flexibility index (Phi) is 15.6. The molecule has 0 aromatic heterocycles. The number of para-hydroxylation sites is 2. The highest BCUT2D eigenvalue weighted by Gasteiger charge is 2.45. The van der Waals surface area contributed by atoms with E-state index < -0.39 is 180 Å². The fourth-order valence-electron chi connectivity index (χ4n) is 6.16. The molecular weight excluding hydrogens is 874 g/mol. The number of ether oxygens (including phenoxy) is 5. The molecule has 25 nitrogen and oxygen atoms in total. The summed E-state index contributed by atoms with van der Waals surface area (Å²) in [5, 5.41) is 109. The number of hydrogen-bond acceptors (Lipinski definition) is 22. The van der Waals surface area contributed by atoms with Crippen LogP contribution < -0.4 is 16.0 Å². The van der Waals surface area contributed by atoms with Crippen molar-refractivity contribution in [2.24, 2.45) is 5.92 Å². The molecule has 0 aliphatic carbocycles. The molecule has 25 heteroatoms. The van der Waals surface area contributed by atoms with Gasteiger partial charge in [0.1, 0.15) is 56.9 Å². The van der Waals surface area contributed by atoms with Crippen molar-refractivity contribution in [3.05, 3.63) is 70.8 Å². The Labute approximate surface area is 365 Å². The summed E-state index contributed by atoms with van der Waals surface area (Å²) in [5.41, 5.74) is -2.30. The normalized spacial score (nSPS) is 24.4. The minimum atomic E-state index is -2.08. The molecule has 350 valence electrons. The molecule has 2 aliphatic heterocycles. The van der Waals surface area contributed by atoms with Crippen molar-refractivity contribution in [2.45, 2.75) is 55.6 Å². The van der Waals surface area contributed by atoms with Gasteiger partial charge in [0, 0.05) is 0 Å². The van der Waals surface area contributed by atoms with Crippen molar-refractivity contribution in [1.82, 2.24) is 16.0 Å².